The second kappa shape index (κ2) is 9.89. The smallest absolute Gasteiger partial charge is 0.0468 e. The maximum atomic E-state index is 8.77. The zero-order valence-corrected chi connectivity index (χ0v) is 11.6. The molecule has 1 heteroatoms. The highest BCUT2D eigenvalue weighted by Crippen LogP contribution is 2.17. The lowest BCUT2D eigenvalue weighted by atomic mass is 9.95. The van der Waals surface area contributed by atoms with Crippen LogP contribution in [0, 0.1) is 11.8 Å². The molecule has 0 radical (unpaired) electrons. The summed E-state index contributed by atoms with van der Waals surface area (Å²) in [6.45, 7) is 9.35. The molecule has 0 heterocycles. The quantitative estimate of drug-likeness (QED) is 0.571. The van der Waals surface area contributed by atoms with Gasteiger partial charge in [0.2, 0.25) is 0 Å². The van der Waals surface area contributed by atoms with Gasteiger partial charge in [-0.15, -0.1) is 0 Å². The van der Waals surface area contributed by atoms with Crippen LogP contribution in [0.3, 0.4) is 0 Å². The van der Waals surface area contributed by atoms with Gasteiger partial charge < -0.3 is 5.11 Å². The Morgan fingerprint density at radius 1 is 1.12 bits per heavy atom. The van der Waals surface area contributed by atoms with Crippen molar-refractivity contribution in [3.05, 3.63) is 11.6 Å². The molecule has 0 bridgehead atoms. The molecule has 0 aromatic rings. The summed E-state index contributed by atoms with van der Waals surface area (Å²) in [6, 6.07) is 0. The van der Waals surface area contributed by atoms with E-state index in [0.717, 1.165) is 18.3 Å². The normalized spacial score (nSPS) is 14.5. The van der Waals surface area contributed by atoms with Crippen molar-refractivity contribution in [1.82, 2.24) is 0 Å². The Morgan fingerprint density at radius 3 is 2.38 bits per heavy atom. The van der Waals surface area contributed by atoms with E-state index in [0.29, 0.717) is 0 Å². The molecule has 0 aromatic carbocycles. The van der Waals surface area contributed by atoms with Crippen LogP contribution in [0.5, 0.6) is 0 Å². The van der Waals surface area contributed by atoms with Gasteiger partial charge in [0.25, 0.3) is 0 Å². The van der Waals surface area contributed by atoms with E-state index in [1.807, 2.05) is 0 Å². The fourth-order valence-electron chi connectivity index (χ4n) is 1.91. The van der Waals surface area contributed by atoms with Gasteiger partial charge in [-0.3, -0.25) is 0 Å². The highest BCUT2D eigenvalue weighted by molar-refractivity contribution is 4.97. The van der Waals surface area contributed by atoms with E-state index in [-0.39, 0.29) is 6.61 Å². The van der Waals surface area contributed by atoms with E-state index < -0.39 is 0 Å². The summed E-state index contributed by atoms with van der Waals surface area (Å²) in [7, 11) is 0. The summed E-state index contributed by atoms with van der Waals surface area (Å²) < 4.78 is 0. The van der Waals surface area contributed by atoms with Crippen LogP contribution < -0.4 is 0 Å². The van der Waals surface area contributed by atoms with Crippen molar-refractivity contribution in [3.8, 4) is 0 Å². The first kappa shape index (κ1) is 15.7. The SMILES string of the molecule is CC(=CCCC(C)CCCC(C)C)CCO. The van der Waals surface area contributed by atoms with Crippen molar-refractivity contribution in [3.63, 3.8) is 0 Å². The lowest BCUT2D eigenvalue weighted by Crippen LogP contribution is -1.96. The van der Waals surface area contributed by atoms with Crippen LogP contribution in [0.25, 0.3) is 0 Å². The Balaban J connectivity index is 3.49. The first-order chi connectivity index (χ1) is 7.56. The number of aliphatic hydroxyl groups excluding tert-OH is 1. The Labute approximate surface area is 102 Å². The van der Waals surface area contributed by atoms with Crippen LogP contribution in [-0.2, 0) is 0 Å². The number of allylic oxidation sites excluding steroid dienone is 1. The van der Waals surface area contributed by atoms with Crippen molar-refractivity contribution in [2.45, 2.75) is 66.2 Å². The fraction of sp³-hybridized carbons (Fsp3) is 0.867. The number of hydrogen-bond donors (Lipinski definition) is 1. The molecule has 0 aliphatic carbocycles. The van der Waals surface area contributed by atoms with Gasteiger partial charge in [0.05, 0.1) is 0 Å². The van der Waals surface area contributed by atoms with Gasteiger partial charge >= 0.3 is 0 Å². The average molecular weight is 226 g/mol. The van der Waals surface area contributed by atoms with Crippen molar-refractivity contribution in [1.29, 1.82) is 0 Å². The maximum absolute atomic E-state index is 8.77. The zero-order valence-electron chi connectivity index (χ0n) is 11.6. The molecule has 96 valence electrons. The molecule has 1 atom stereocenters. The van der Waals surface area contributed by atoms with Gasteiger partial charge in [-0.05, 0) is 38.0 Å². The summed E-state index contributed by atoms with van der Waals surface area (Å²) in [5.74, 6) is 1.69. The predicted molar refractivity (Wildman–Crippen MR) is 72.5 cm³/mol. The van der Waals surface area contributed by atoms with Gasteiger partial charge in [-0.1, -0.05) is 51.7 Å². The topological polar surface area (TPSA) is 20.2 Å². The summed E-state index contributed by atoms with van der Waals surface area (Å²) in [5.41, 5.74) is 1.33. The molecule has 16 heavy (non-hydrogen) atoms. The second-order valence-electron chi connectivity index (χ2n) is 5.53. The molecule has 0 saturated heterocycles. The van der Waals surface area contributed by atoms with E-state index in [4.69, 9.17) is 5.11 Å². The van der Waals surface area contributed by atoms with E-state index in [1.165, 1.54) is 37.7 Å². The fourth-order valence-corrected chi connectivity index (χ4v) is 1.91. The molecule has 0 aromatic heterocycles. The molecule has 1 nitrogen and oxygen atoms in total. The number of rotatable bonds is 9. The summed E-state index contributed by atoms with van der Waals surface area (Å²) >= 11 is 0. The van der Waals surface area contributed by atoms with E-state index in [2.05, 4.69) is 33.8 Å². The first-order valence-electron chi connectivity index (χ1n) is 6.82. The standard InChI is InChI=1S/C15H30O/c1-13(2)7-5-8-14(3)9-6-10-15(4)11-12-16/h10,13-14,16H,5-9,11-12H2,1-4H3. The number of hydrogen-bond acceptors (Lipinski definition) is 1. The van der Waals surface area contributed by atoms with Gasteiger partial charge in [-0.2, -0.15) is 0 Å². The van der Waals surface area contributed by atoms with Crippen LogP contribution in [0.15, 0.2) is 11.6 Å². The highest BCUT2D eigenvalue weighted by Gasteiger charge is 2.02. The van der Waals surface area contributed by atoms with E-state index >= 15 is 0 Å². The lowest BCUT2D eigenvalue weighted by Gasteiger charge is -2.11. The zero-order chi connectivity index (χ0) is 12.4. The Kier molecular flexibility index (Phi) is 9.71. The van der Waals surface area contributed by atoms with Gasteiger partial charge in [0.15, 0.2) is 0 Å². The molecule has 0 amide bonds. The molecule has 0 spiro atoms. The molecular formula is C15H30O. The van der Waals surface area contributed by atoms with Gasteiger partial charge in [0, 0.05) is 6.61 Å². The summed E-state index contributed by atoms with van der Waals surface area (Å²) in [5, 5.41) is 8.77. The lowest BCUT2D eigenvalue weighted by molar-refractivity contribution is 0.299. The molecule has 0 aliphatic heterocycles. The molecule has 1 unspecified atom stereocenters. The molecule has 0 rings (SSSR count). The van der Waals surface area contributed by atoms with Crippen molar-refractivity contribution in [2.75, 3.05) is 6.61 Å². The number of aliphatic hydroxyl groups is 1. The maximum Gasteiger partial charge on any atom is 0.0468 e. The third-order valence-electron chi connectivity index (χ3n) is 3.14. The molecule has 0 fully saturated rings. The molecule has 0 saturated carbocycles. The molecule has 0 aliphatic rings. The van der Waals surface area contributed by atoms with Gasteiger partial charge in [0.1, 0.15) is 0 Å². The van der Waals surface area contributed by atoms with Crippen LogP contribution in [0.4, 0.5) is 0 Å². The monoisotopic (exact) mass is 226 g/mol. The summed E-state index contributed by atoms with van der Waals surface area (Å²) in [4.78, 5) is 0. The predicted octanol–water partition coefficient (Wildman–Crippen LogP) is 4.56. The van der Waals surface area contributed by atoms with E-state index in [1.54, 1.807) is 0 Å². The third kappa shape index (κ3) is 10.2. The minimum absolute atomic E-state index is 0.284. The van der Waals surface area contributed by atoms with Crippen LogP contribution in [0.2, 0.25) is 0 Å². The Bertz CT molecular complexity index is 182. The van der Waals surface area contributed by atoms with Crippen LogP contribution in [0.1, 0.15) is 66.2 Å². The van der Waals surface area contributed by atoms with Crippen LogP contribution >= 0.6 is 0 Å². The van der Waals surface area contributed by atoms with Crippen molar-refractivity contribution >= 4 is 0 Å². The van der Waals surface area contributed by atoms with E-state index in [9.17, 15) is 0 Å². The second-order valence-corrected chi connectivity index (χ2v) is 5.53. The Morgan fingerprint density at radius 2 is 1.81 bits per heavy atom. The third-order valence-corrected chi connectivity index (χ3v) is 3.14. The Hall–Kier alpha value is -0.300. The molecular weight excluding hydrogens is 196 g/mol. The first-order valence-corrected chi connectivity index (χ1v) is 6.82. The van der Waals surface area contributed by atoms with Crippen molar-refractivity contribution in [2.24, 2.45) is 11.8 Å². The average Bonchev–Trinajstić information content (AvgIpc) is 2.17. The minimum atomic E-state index is 0.284. The van der Waals surface area contributed by atoms with Gasteiger partial charge in [-0.25, -0.2) is 0 Å². The van der Waals surface area contributed by atoms with Crippen molar-refractivity contribution < 1.29 is 5.11 Å². The molecule has 1 N–H and O–H groups in total. The van der Waals surface area contributed by atoms with Crippen LogP contribution in [-0.4, -0.2) is 11.7 Å². The highest BCUT2D eigenvalue weighted by atomic mass is 16.2. The minimum Gasteiger partial charge on any atom is -0.396 e. The summed E-state index contributed by atoms with van der Waals surface area (Å²) in [6.07, 6.45) is 9.69. The largest absolute Gasteiger partial charge is 0.396 e.